The average Bonchev–Trinajstić information content (AvgIpc) is 1.80. The van der Waals surface area contributed by atoms with E-state index >= 15 is 0 Å². The number of hydrogen-bond acceptors (Lipinski definition) is 3. The summed E-state index contributed by atoms with van der Waals surface area (Å²) in [6.07, 6.45) is 3.29. The number of alkyl halides is 1. The van der Waals surface area contributed by atoms with Gasteiger partial charge in [-0.15, -0.1) is 10.1 Å². The molecule has 0 bridgehead atoms. The molecule has 0 spiro atoms. The first kappa shape index (κ1) is 8.42. The van der Waals surface area contributed by atoms with Crippen LogP contribution in [0.5, 0.6) is 0 Å². The summed E-state index contributed by atoms with van der Waals surface area (Å²) in [4.78, 5) is 13.5. The Hall–Kier alpha value is -0.580. The van der Waals surface area contributed by atoms with Crippen LogP contribution < -0.4 is 0 Å². The molecular weight excluding hydrogens is 190 g/mol. The minimum atomic E-state index is -0.821. The third kappa shape index (κ3) is 7.42. The zero-order valence-corrected chi connectivity index (χ0v) is 6.20. The molecule has 0 rings (SSSR count). The van der Waals surface area contributed by atoms with E-state index in [1.54, 1.807) is 12.2 Å². The van der Waals surface area contributed by atoms with Gasteiger partial charge in [0.15, 0.2) is 0 Å². The van der Waals surface area contributed by atoms with Crippen molar-refractivity contribution in [1.82, 2.24) is 0 Å². The summed E-state index contributed by atoms with van der Waals surface area (Å²) >= 11 is 3.10. The third-order valence-electron chi connectivity index (χ3n) is 0.532. The smallest absolute Gasteiger partial charge is 0.294 e. The van der Waals surface area contributed by atoms with Gasteiger partial charge in [0.1, 0.15) is 6.61 Å². The van der Waals surface area contributed by atoms with Crippen LogP contribution in [-0.2, 0) is 4.84 Å². The lowest BCUT2D eigenvalue weighted by Gasteiger charge is -1.87. The maximum absolute atomic E-state index is 9.50. The van der Waals surface area contributed by atoms with Crippen molar-refractivity contribution in [3.8, 4) is 0 Å². The van der Waals surface area contributed by atoms with Crippen molar-refractivity contribution >= 4 is 15.9 Å². The molecule has 0 amide bonds. The predicted octanol–water partition coefficient (Wildman–Crippen LogP) is 1.15. The topological polar surface area (TPSA) is 52.4 Å². The zero-order valence-electron chi connectivity index (χ0n) is 4.62. The number of nitrogens with zero attached hydrogens (tertiary/aromatic N) is 1. The fourth-order valence-electron chi connectivity index (χ4n) is 0.235. The van der Waals surface area contributed by atoms with Gasteiger partial charge in [-0.2, -0.15) is 0 Å². The SMILES string of the molecule is O=[N+]([O-])OC/C=C/CBr. The molecule has 52 valence electrons. The van der Waals surface area contributed by atoms with Gasteiger partial charge in [0.25, 0.3) is 5.09 Å². The molecule has 0 fully saturated rings. The molecule has 0 aromatic carbocycles. The van der Waals surface area contributed by atoms with Crippen molar-refractivity contribution in [3.63, 3.8) is 0 Å². The van der Waals surface area contributed by atoms with Gasteiger partial charge < -0.3 is 4.84 Å². The maximum Gasteiger partial charge on any atom is 0.294 e. The first-order valence-electron chi connectivity index (χ1n) is 2.25. The van der Waals surface area contributed by atoms with Crippen molar-refractivity contribution in [2.75, 3.05) is 11.9 Å². The van der Waals surface area contributed by atoms with E-state index < -0.39 is 5.09 Å². The van der Waals surface area contributed by atoms with Gasteiger partial charge in [0, 0.05) is 5.33 Å². The lowest BCUT2D eigenvalue weighted by Crippen LogP contribution is -1.99. The van der Waals surface area contributed by atoms with Crippen LogP contribution in [0.15, 0.2) is 12.2 Å². The molecule has 0 saturated heterocycles. The fourth-order valence-corrected chi connectivity index (χ4v) is 0.499. The first-order chi connectivity index (χ1) is 4.27. The molecule has 0 aliphatic carbocycles. The minimum absolute atomic E-state index is 0.0264. The van der Waals surface area contributed by atoms with Crippen LogP contribution in [0.3, 0.4) is 0 Å². The highest BCUT2D eigenvalue weighted by Gasteiger charge is 1.86. The Morgan fingerprint density at radius 1 is 1.67 bits per heavy atom. The molecule has 0 heterocycles. The Morgan fingerprint density at radius 3 is 2.78 bits per heavy atom. The standard InChI is InChI=1S/C4H6BrNO3/c5-3-1-2-4-9-6(7)8/h1-2H,3-4H2/b2-1+. The van der Waals surface area contributed by atoms with E-state index in [9.17, 15) is 10.1 Å². The quantitative estimate of drug-likeness (QED) is 0.293. The van der Waals surface area contributed by atoms with E-state index in [2.05, 4.69) is 20.8 Å². The van der Waals surface area contributed by atoms with E-state index in [-0.39, 0.29) is 6.61 Å². The van der Waals surface area contributed by atoms with Crippen LogP contribution in [0.2, 0.25) is 0 Å². The molecule has 9 heavy (non-hydrogen) atoms. The molecule has 0 saturated carbocycles. The summed E-state index contributed by atoms with van der Waals surface area (Å²) in [7, 11) is 0. The highest BCUT2D eigenvalue weighted by molar-refractivity contribution is 9.09. The van der Waals surface area contributed by atoms with E-state index in [0.29, 0.717) is 5.33 Å². The Morgan fingerprint density at radius 2 is 2.33 bits per heavy atom. The van der Waals surface area contributed by atoms with Crippen LogP contribution in [0, 0.1) is 10.1 Å². The summed E-state index contributed by atoms with van der Waals surface area (Å²) in [5, 5.41) is 9.37. The fraction of sp³-hybridized carbons (Fsp3) is 0.500. The molecule has 0 unspecified atom stereocenters. The summed E-state index contributed by atoms with van der Waals surface area (Å²) in [6.45, 7) is 0.0264. The Balaban J connectivity index is 3.09. The van der Waals surface area contributed by atoms with Gasteiger partial charge in [-0.25, -0.2) is 0 Å². The highest BCUT2D eigenvalue weighted by atomic mass is 79.9. The monoisotopic (exact) mass is 195 g/mol. The second-order valence-electron chi connectivity index (χ2n) is 1.15. The molecule has 0 radical (unpaired) electrons. The Bertz CT molecular complexity index is 114. The second-order valence-corrected chi connectivity index (χ2v) is 1.79. The summed E-state index contributed by atoms with van der Waals surface area (Å²) in [5.74, 6) is 0. The van der Waals surface area contributed by atoms with Gasteiger partial charge in [-0.1, -0.05) is 28.1 Å². The van der Waals surface area contributed by atoms with Crippen LogP contribution in [0.4, 0.5) is 0 Å². The lowest BCUT2D eigenvalue weighted by molar-refractivity contribution is -0.755. The van der Waals surface area contributed by atoms with Crippen molar-refractivity contribution < 1.29 is 9.92 Å². The lowest BCUT2D eigenvalue weighted by atomic mass is 10.6. The molecule has 0 N–H and O–H groups in total. The number of halogens is 1. The van der Waals surface area contributed by atoms with Gasteiger partial charge in [0.2, 0.25) is 0 Å². The van der Waals surface area contributed by atoms with Crippen molar-refractivity contribution in [3.05, 3.63) is 22.3 Å². The van der Waals surface area contributed by atoms with Crippen molar-refractivity contribution in [2.24, 2.45) is 0 Å². The Kier molecular flexibility index (Phi) is 5.20. The minimum Gasteiger partial charge on any atom is -0.310 e. The molecule has 0 atom stereocenters. The van der Waals surface area contributed by atoms with E-state index in [1.165, 1.54) is 0 Å². The zero-order chi connectivity index (χ0) is 7.11. The molecule has 4 nitrogen and oxygen atoms in total. The van der Waals surface area contributed by atoms with E-state index in [4.69, 9.17) is 0 Å². The van der Waals surface area contributed by atoms with Gasteiger partial charge in [-0.05, 0) is 0 Å². The van der Waals surface area contributed by atoms with E-state index in [0.717, 1.165) is 0 Å². The van der Waals surface area contributed by atoms with Crippen LogP contribution in [0.25, 0.3) is 0 Å². The largest absolute Gasteiger partial charge is 0.310 e. The first-order valence-corrected chi connectivity index (χ1v) is 3.37. The third-order valence-corrected chi connectivity index (χ3v) is 0.906. The molecule has 0 aliphatic rings. The molecule has 5 heteroatoms. The molecule has 0 aromatic heterocycles. The maximum atomic E-state index is 9.50. The van der Waals surface area contributed by atoms with Gasteiger partial charge in [-0.3, -0.25) is 0 Å². The van der Waals surface area contributed by atoms with Crippen molar-refractivity contribution in [1.29, 1.82) is 0 Å². The number of rotatable bonds is 4. The van der Waals surface area contributed by atoms with Gasteiger partial charge >= 0.3 is 0 Å². The highest BCUT2D eigenvalue weighted by Crippen LogP contribution is 1.82. The normalized spacial score (nSPS) is 9.89. The van der Waals surface area contributed by atoms with Crippen LogP contribution >= 0.6 is 15.9 Å². The summed E-state index contributed by atoms with van der Waals surface area (Å²) < 4.78 is 0. The number of hydrogen-bond donors (Lipinski definition) is 0. The Labute approximate surface area is 60.7 Å². The average molecular weight is 196 g/mol. The molecule has 0 aromatic rings. The molecule has 0 aliphatic heterocycles. The van der Waals surface area contributed by atoms with Gasteiger partial charge in [0.05, 0.1) is 0 Å². The van der Waals surface area contributed by atoms with E-state index in [1.807, 2.05) is 0 Å². The van der Waals surface area contributed by atoms with Crippen molar-refractivity contribution in [2.45, 2.75) is 0 Å². The summed E-state index contributed by atoms with van der Waals surface area (Å²) in [5.41, 5.74) is 0. The predicted molar refractivity (Wildman–Crippen MR) is 35.9 cm³/mol. The summed E-state index contributed by atoms with van der Waals surface area (Å²) in [6, 6.07) is 0. The van der Waals surface area contributed by atoms with Crippen LogP contribution in [-0.4, -0.2) is 17.0 Å². The second kappa shape index (κ2) is 5.55. The van der Waals surface area contributed by atoms with Crippen LogP contribution in [0.1, 0.15) is 0 Å². The number of allylic oxidation sites excluding steroid dienone is 1. The molecular formula is C4H6BrNO3.